The van der Waals surface area contributed by atoms with E-state index in [0.29, 0.717) is 24.1 Å². The van der Waals surface area contributed by atoms with Crippen molar-refractivity contribution in [2.75, 3.05) is 18.4 Å². The molecule has 6 nitrogen and oxygen atoms in total. The summed E-state index contributed by atoms with van der Waals surface area (Å²) in [6.07, 6.45) is 0.697. The minimum atomic E-state index is -3.79. The number of Topliss-reactive ketones (excluding diaryl/α,β-unsaturated/α-hetero) is 1. The highest BCUT2D eigenvalue weighted by molar-refractivity contribution is 7.89. The molecule has 1 aliphatic rings. The van der Waals surface area contributed by atoms with Gasteiger partial charge in [0, 0.05) is 24.3 Å². The van der Waals surface area contributed by atoms with Gasteiger partial charge in [-0.1, -0.05) is 60.7 Å². The monoisotopic (exact) mass is 462 g/mol. The Morgan fingerprint density at radius 2 is 1.45 bits per heavy atom. The first kappa shape index (κ1) is 22.9. The number of sulfonamides is 1. The molecule has 1 fully saturated rings. The van der Waals surface area contributed by atoms with Crippen molar-refractivity contribution in [3.8, 4) is 0 Å². The van der Waals surface area contributed by atoms with Crippen LogP contribution in [0.1, 0.15) is 35.7 Å². The van der Waals surface area contributed by atoms with Gasteiger partial charge >= 0.3 is 0 Å². The fourth-order valence-corrected chi connectivity index (χ4v) is 5.80. The number of anilines is 1. The number of para-hydroxylation sites is 1. The first-order valence-electron chi connectivity index (χ1n) is 10.9. The molecule has 170 valence electrons. The van der Waals surface area contributed by atoms with Gasteiger partial charge in [0.1, 0.15) is 0 Å². The summed E-state index contributed by atoms with van der Waals surface area (Å²) in [5, 5.41) is 3.01. The maximum atomic E-state index is 13.5. The molecule has 3 aromatic carbocycles. The zero-order valence-electron chi connectivity index (χ0n) is 18.4. The minimum absolute atomic E-state index is 0.0937. The molecule has 1 amide bonds. The normalized spacial score (nSPS) is 16.2. The number of hydrogen-bond acceptors (Lipinski definition) is 4. The zero-order chi connectivity index (χ0) is 23.5. The lowest BCUT2D eigenvalue weighted by Crippen LogP contribution is -2.50. The smallest absolute Gasteiger partial charge is 0.243 e. The van der Waals surface area contributed by atoms with E-state index in [1.165, 1.54) is 23.4 Å². The largest absolute Gasteiger partial charge is 0.325 e. The summed E-state index contributed by atoms with van der Waals surface area (Å²) in [6, 6.07) is 24.9. The van der Waals surface area contributed by atoms with Crippen LogP contribution in [-0.4, -0.2) is 37.5 Å². The van der Waals surface area contributed by atoms with Gasteiger partial charge in [-0.25, -0.2) is 8.42 Å². The number of carbonyl (C=O) groups excluding carboxylic acids is 2. The van der Waals surface area contributed by atoms with Crippen molar-refractivity contribution in [2.24, 2.45) is 0 Å². The summed E-state index contributed by atoms with van der Waals surface area (Å²) >= 11 is 0. The van der Waals surface area contributed by atoms with Crippen LogP contribution in [0.25, 0.3) is 0 Å². The van der Waals surface area contributed by atoms with E-state index >= 15 is 0 Å². The maximum absolute atomic E-state index is 13.5. The van der Waals surface area contributed by atoms with Gasteiger partial charge in [-0.3, -0.25) is 9.59 Å². The Hall–Kier alpha value is -3.29. The molecule has 0 unspecified atom stereocenters. The van der Waals surface area contributed by atoms with Crippen LogP contribution in [0.5, 0.6) is 0 Å². The molecule has 0 aliphatic carbocycles. The van der Waals surface area contributed by atoms with Crippen LogP contribution in [0.3, 0.4) is 0 Å². The molecule has 0 atom stereocenters. The van der Waals surface area contributed by atoms with Crippen LogP contribution in [0.2, 0.25) is 0 Å². The molecule has 0 radical (unpaired) electrons. The first-order valence-corrected chi connectivity index (χ1v) is 12.3. The van der Waals surface area contributed by atoms with E-state index in [4.69, 9.17) is 0 Å². The van der Waals surface area contributed by atoms with Crippen molar-refractivity contribution in [3.63, 3.8) is 0 Å². The molecule has 1 saturated heterocycles. The third kappa shape index (κ3) is 4.60. The van der Waals surface area contributed by atoms with Crippen LogP contribution in [0, 0.1) is 0 Å². The number of hydrogen-bond donors (Lipinski definition) is 1. The fourth-order valence-electron chi connectivity index (χ4n) is 4.31. The van der Waals surface area contributed by atoms with Crippen LogP contribution in [0.15, 0.2) is 89.8 Å². The Morgan fingerprint density at radius 3 is 2.06 bits per heavy atom. The Kier molecular flexibility index (Phi) is 6.44. The van der Waals surface area contributed by atoms with Gasteiger partial charge in [0.05, 0.1) is 10.3 Å². The van der Waals surface area contributed by atoms with E-state index in [1.807, 2.05) is 60.7 Å². The van der Waals surface area contributed by atoms with Crippen molar-refractivity contribution >= 4 is 27.4 Å². The highest BCUT2D eigenvalue weighted by Gasteiger charge is 2.45. The number of amides is 1. The van der Waals surface area contributed by atoms with Gasteiger partial charge in [-0.05, 0) is 49.6 Å². The molecule has 0 aromatic heterocycles. The molecule has 0 bridgehead atoms. The predicted octanol–water partition coefficient (Wildman–Crippen LogP) is 4.25. The fraction of sp³-hybridized carbons (Fsp3) is 0.231. The summed E-state index contributed by atoms with van der Waals surface area (Å²) in [5.41, 5.74) is 1.08. The number of nitrogens with zero attached hydrogens (tertiary/aromatic N) is 1. The summed E-state index contributed by atoms with van der Waals surface area (Å²) in [7, 11) is -3.79. The summed E-state index contributed by atoms with van der Waals surface area (Å²) in [6.45, 7) is 1.81. The van der Waals surface area contributed by atoms with E-state index in [1.54, 1.807) is 12.1 Å². The standard InChI is InChI=1S/C26H26N2O4S/c1-20(29)21-9-8-14-24(19-21)33(31,32)28-17-15-26(16-18-28,22-10-4-2-5-11-22)25(30)27-23-12-6-3-7-13-23/h2-14,19H,15-18H2,1H3,(H,27,30). The van der Waals surface area contributed by atoms with Crippen LogP contribution < -0.4 is 5.32 Å². The topological polar surface area (TPSA) is 83.6 Å². The third-order valence-electron chi connectivity index (χ3n) is 6.25. The van der Waals surface area contributed by atoms with Gasteiger partial charge in [0.15, 0.2) is 5.78 Å². The SMILES string of the molecule is CC(=O)c1cccc(S(=O)(=O)N2CCC(C(=O)Nc3ccccc3)(c3ccccc3)CC2)c1. The van der Waals surface area contributed by atoms with Gasteiger partial charge in [0.2, 0.25) is 15.9 Å². The van der Waals surface area contributed by atoms with Gasteiger partial charge in [0.25, 0.3) is 0 Å². The lowest BCUT2D eigenvalue weighted by Gasteiger charge is -2.40. The van der Waals surface area contributed by atoms with Gasteiger partial charge in [-0.15, -0.1) is 0 Å². The van der Waals surface area contributed by atoms with Gasteiger partial charge in [-0.2, -0.15) is 4.31 Å². The van der Waals surface area contributed by atoms with Crippen molar-refractivity contribution in [1.29, 1.82) is 0 Å². The molecule has 1 N–H and O–H groups in total. The zero-order valence-corrected chi connectivity index (χ0v) is 19.2. The number of nitrogens with one attached hydrogen (secondary N) is 1. The minimum Gasteiger partial charge on any atom is -0.325 e. The van der Waals surface area contributed by atoms with Crippen LogP contribution >= 0.6 is 0 Å². The second-order valence-corrected chi connectivity index (χ2v) is 10.2. The van der Waals surface area contributed by atoms with E-state index in [9.17, 15) is 18.0 Å². The van der Waals surface area contributed by atoms with E-state index < -0.39 is 15.4 Å². The van der Waals surface area contributed by atoms with E-state index in [0.717, 1.165) is 5.56 Å². The molecule has 33 heavy (non-hydrogen) atoms. The van der Waals surface area contributed by atoms with E-state index in [2.05, 4.69) is 5.32 Å². The highest BCUT2D eigenvalue weighted by atomic mass is 32.2. The molecular weight excluding hydrogens is 436 g/mol. The van der Waals surface area contributed by atoms with Crippen LogP contribution in [-0.2, 0) is 20.2 Å². The molecular formula is C26H26N2O4S. The molecule has 7 heteroatoms. The maximum Gasteiger partial charge on any atom is 0.243 e. The first-order chi connectivity index (χ1) is 15.8. The number of carbonyl (C=O) groups is 2. The number of benzene rings is 3. The predicted molar refractivity (Wildman–Crippen MR) is 128 cm³/mol. The molecule has 0 saturated carbocycles. The number of rotatable bonds is 6. The molecule has 3 aromatic rings. The average Bonchev–Trinajstić information content (AvgIpc) is 2.85. The average molecular weight is 463 g/mol. The Balaban J connectivity index is 1.61. The van der Waals surface area contributed by atoms with Crippen molar-refractivity contribution in [2.45, 2.75) is 30.1 Å². The highest BCUT2D eigenvalue weighted by Crippen LogP contribution is 2.38. The summed E-state index contributed by atoms with van der Waals surface area (Å²) in [5.74, 6) is -0.332. The Labute approximate surface area is 194 Å². The van der Waals surface area contributed by atoms with Gasteiger partial charge < -0.3 is 5.32 Å². The van der Waals surface area contributed by atoms with Crippen LogP contribution in [0.4, 0.5) is 5.69 Å². The Morgan fingerprint density at radius 1 is 0.848 bits per heavy atom. The quantitative estimate of drug-likeness (QED) is 0.555. The van der Waals surface area contributed by atoms with Crippen molar-refractivity contribution in [3.05, 3.63) is 96.1 Å². The molecule has 0 spiro atoms. The number of ketones is 1. The van der Waals surface area contributed by atoms with Crippen molar-refractivity contribution < 1.29 is 18.0 Å². The second-order valence-electron chi connectivity index (χ2n) is 8.26. The van der Waals surface area contributed by atoms with Crippen molar-refractivity contribution in [1.82, 2.24) is 4.31 Å². The molecule has 4 rings (SSSR count). The Bertz CT molecular complexity index is 1250. The number of piperidine rings is 1. The van der Waals surface area contributed by atoms with E-state index in [-0.39, 0.29) is 29.7 Å². The molecule has 1 heterocycles. The summed E-state index contributed by atoms with van der Waals surface area (Å²) in [4.78, 5) is 25.3. The second kappa shape index (κ2) is 9.29. The lowest BCUT2D eigenvalue weighted by molar-refractivity contribution is -0.123. The third-order valence-corrected chi connectivity index (χ3v) is 8.14. The lowest BCUT2D eigenvalue weighted by atomic mass is 9.72. The molecule has 1 aliphatic heterocycles. The summed E-state index contributed by atoms with van der Waals surface area (Å²) < 4.78 is 28.0.